The fourth-order valence-electron chi connectivity index (χ4n) is 2.79. The highest BCUT2D eigenvalue weighted by atomic mass is 16.2. The molecule has 5 nitrogen and oxygen atoms in total. The molecule has 5 heteroatoms. The van der Waals surface area contributed by atoms with Crippen LogP contribution >= 0.6 is 0 Å². The summed E-state index contributed by atoms with van der Waals surface area (Å²) in [5.74, 6) is 0.305. The van der Waals surface area contributed by atoms with Crippen molar-refractivity contribution < 1.29 is 9.59 Å². The van der Waals surface area contributed by atoms with Crippen LogP contribution in [0.3, 0.4) is 0 Å². The van der Waals surface area contributed by atoms with Gasteiger partial charge < -0.3 is 15.1 Å². The van der Waals surface area contributed by atoms with Crippen molar-refractivity contribution >= 4 is 11.8 Å². The first-order valence-corrected chi connectivity index (χ1v) is 8.45. The van der Waals surface area contributed by atoms with E-state index in [1.807, 2.05) is 48.2 Å². The number of carbonyl (C=O) groups is 2. The molecule has 2 rings (SSSR count). The van der Waals surface area contributed by atoms with Gasteiger partial charge in [0.05, 0.1) is 0 Å². The largest absolute Gasteiger partial charge is 0.352 e. The monoisotopic (exact) mass is 329 g/mol. The maximum absolute atomic E-state index is 12.1. The Kier molecular flexibility index (Phi) is 7.00. The first kappa shape index (κ1) is 18.2. The van der Waals surface area contributed by atoms with Crippen LogP contribution in [-0.4, -0.2) is 61.9 Å². The van der Waals surface area contributed by atoms with Gasteiger partial charge in [-0.05, 0) is 26.1 Å². The van der Waals surface area contributed by atoms with Gasteiger partial charge in [0.15, 0.2) is 0 Å². The zero-order valence-corrected chi connectivity index (χ0v) is 14.6. The van der Waals surface area contributed by atoms with Crippen LogP contribution < -0.4 is 5.32 Å². The van der Waals surface area contributed by atoms with Crippen molar-refractivity contribution in [3.8, 4) is 0 Å². The molecular formula is C19H27N3O2. The van der Waals surface area contributed by atoms with Gasteiger partial charge in [-0.1, -0.05) is 36.4 Å². The van der Waals surface area contributed by atoms with Gasteiger partial charge in [0.2, 0.25) is 11.8 Å². The van der Waals surface area contributed by atoms with E-state index in [9.17, 15) is 9.59 Å². The zero-order valence-electron chi connectivity index (χ0n) is 14.6. The van der Waals surface area contributed by atoms with E-state index in [0.29, 0.717) is 13.0 Å². The summed E-state index contributed by atoms with van der Waals surface area (Å²) in [6, 6.07) is 10.2. The lowest BCUT2D eigenvalue weighted by molar-refractivity contribution is -0.127. The van der Waals surface area contributed by atoms with Crippen molar-refractivity contribution in [1.82, 2.24) is 15.1 Å². The number of nitrogens with zero attached hydrogens (tertiary/aromatic N) is 2. The van der Waals surface area contributed by atoms with Gasteiger partial charge in [-0.2, -0.15) is 0 Å². The summed E-state index contributed by atoms with van der Waals surface area (Å²) >= 11 is 0. The number of benzene rings is 1. The van der Waals surface area contributed by atoms with Crippen LogP contribution in [0.4, 0.5) is 0 Å². The molecular weight excluding hydrogens is 302 g/mol. The normalized spacial score (nSPS) is 17.9. The van der Waals surface area contributed by atoms with Crippen LogP contribution in [0.25, 0.3) is 0 Å². The van der Waals surface area contributed by atoms with Crippen molar-refractivity contribution in [3.05, 3.63) is 48.0 Å². The van der Waals surface area contributed by atoms with Gasteiger partial charge >= 0.3 is 0 Å². The summed E-state index contributed by atoms with van der Waals surface area (Å²) in [7, 11) is 3.91. The van der Waals surface area contributed by atoms with E-state index in [1.54, 1.807) is 6.08 Å². The van der Waals surface area contributed by atoms with Crippen LogP contribution in [0.2, 0.25) is 0 Å². The van der Waals surface area contributed by atoms with Gasteiger partial charge in [0, 0.05) is 44.6 Å². The van der Waals surface area contributed by atoms with Crippen LogP contribution in [0.15, 0.2) is 42.5 Å². The summed E-state index contributed by atoms with van der Waals surface area (Å²) in [4.78, 5) is 27.7. The van der Waals surface area contributed by atoms with E-state index in [2.05, 4.69) is 17.4 Å². The topological polar surface area (TPSA) is 52.7 Å². The van der Waals surface area contributed by atoms with E-state index in [1.165, 1.54) is 5.56 Å². The van der Waals surface area contributed by atoms with Gasteiger partial charge in [-0.25, -0.2) is 0 Å². The molecule has 1 N–H and O–H groups in total. The lowest BCUT2D eigenvalue weighted by Crippen LogP contribution is -2.31. The van der Waals surface area contributed by atoms with Crippen molar-refractivity contribution in [3.63, 3.8) is 0 Å². The molecule has 1 fully saturated rings. The van der Waals surface area contributed by atoms with E-state index < -0.39 is 0 Å². The van der Waals surface area contributed by atoms with Crippen LogP contribution in [0.5, 0.6) is 0 Å². The highest BCUT2D eigenvalue weighted by Gasteiger charge is 2.29. The summed E-state index contributed by atoms with van der Waals surface area (Å²) in [5.41, 5.74) is 1.24. The minimum atomic E-state index is -0.0907. The van der Waals surface area contributed by atoms with Crippen LogP contribution in [0, 0.1) is 5.92 Å². The predicted octanol–water partition coefficient (Wildman–Crippen LogP) is 1.31. The third-order valence-corrected chi connectivity index (χ3v) is 4.11. The van der Waals surface area contributed by atoms with E-state index in [4.69, 9.17) is 0 Å². The lowest BCUT2D eigenvalue weighted by atomic mass is 10.1. The summed E-state index contributed by atoms with van der Waals surface area (Å²) < 4.78 is 0. The molecule has 1 aromatic carbocycles. The van der Waals surface area contributed by atoms with Gasteiger partial charge in [0.25, 0.3) is 0 Å². The zero-order chi connectivity index (χ0) is 17.4. The van der Waals surface area contributed by atoms with Crippen molar-refractivity contribution in [2.75, 3.05) is 40.3 Å². The first-order valence-electron chi connectivity index (χ1n) is 8.45. The van der Waals surface area contributed by atoms with Crippen molar-refractivity contribution in [2.24, 2.45) is 5.92 Å². The molecule has 0 bridgehead atoms. The van der Waals surface area contributed by atoms with Crippen LogP contribution in [0.1, 0.15) is 12.0 Å². The minimum Gasteiger partial charge on any atom is -0.352 e. The quantitative estimate of drug-likeness (QED) is 0.732. The molecule has 0 aliphatic carbocycles. The molecule has 24 heavy (non-hydrogen) atoms. The van der Waals surface area contributed by atoms with Gasteiger partial charge in [-0.15, -0.1) is 0 Å². The fourth-order valence-corrected chi connectivity index (χ4v) is 2.79. The fraction of sp³-hybridized carbons (Fsp3) is 0.474. The molecule has 1 heterocycles. The average Bonchev–Trinajstić information content (AvgIpc) is 2.92. The lowest BCUT2D eigenvalue weighted by Gasteiger charge is -2.16. The highest BCUT2D eigenvalue weighted by Crippen LogP contribution is 2.17. The second kappa shape index (κ2) is 9.23. The maximum Gasteiger partial charge on any atom is 0.243 e. The molecule has 0 aromatic heterocycles. The average molecular weight is 329 g/mol. The van der Waals surface area contributed by atoms with E-state index >= 15 is 0 Å². The third kappa shape index (κ3) is 6.16. The number of hydrogen-bond donors (Lipinski definition) is 1. The molecule has 0 spiro atoms. The number of rotatable bonds is 8. The number of hydrogen-bond acceptors (Lipinski definition) is 3. The third-order valence-electron chi connectivity index (χ3n) is 4.11. The number of likely N-dealkylation sites (N-methyl/N-ethyl adjacent to an activating group) is 1. The standard InChI is InChI=1S/C19H27N3O2/c1-21(2)11-6-9-18(23)20-14-17-13-19(24)22(15-17)12-10-16-7-4-3-5-8-16/h3-9,17H,10-15H2,1-2H3,(H,20,23)/b9-6+. The molecule has 2 amide bonds. The summed E-state index contributed by atoms with van der Waals surface area (Å²) in [5, 5.41) is 2.89. The van der Waals surface area contributed by atoms with Crippen molar-refractivity contribution in [2.45, 2.75) is 12.8 Å². The Balaban J connectivity index is 1.70. The van der Waals surface area contributed by atoms with Gasteiger partial charge in [0.1, 0.15) is 0 Å². The Morgan fingerprint density at radius 3 is 2.79 bits per heavy atom. The molecule has 1 aromatic rings. The molecule has 1 aliphatic heterocycles. The van der Waals surface area contributed by atoms with Crippen LogP contribution in [-0.2, 0) is 16.0 Å². The Morgan fingerprint density at radius 2 is 2.08 bits per heavy atom. The predicted molar refractivity (Wildman–Crippen MR) is 95.5 cm³/mol. The smallest absolute Gasteiger partial charge is 0.243 e. The molecule has 0 radical (unpaired) electrons. The highest BCUT2D eigenvalue weighted by molar-refractivity contribution is 5.87. The molecule has 1 saturated heterocycles. The molecule has 130 valence electrons. The van der Waals surface area contributed by atoms with E-state index in [0.717, 1.165) is 26.1 Å². The number of nitrogens with one attached hydrogen (secondary N) is 1. The second-order valence-corrected chi connectivity index (χ2v) is 6.56. The first-order chi connectivity index (χ1) is 11.5. The molecule has 1 aliphatic rings. The summed E-state index contributed by atoms with van der Waals surface area (Å²) in [6.45, 7) is 2.77. The molecule has 0 saturated carbocycles. The Morgan fingerprint density at radius 1 is 1.33 bits per heavy atom. The van der Waals surface area contributed by atoms with Gasteiger partial charge in [-0.3, -0.25) is 9.59 Å². The summed E-state index contributed by atoms with van der Waals surface area (Å²) in [6.07, 6.45) is 4.79. The Bertz CT molecular complexity index is 569. The number of likely N-dealkylation sites (tertiary alicyclic amines) is 1. The van der Waals surface area contributed by atoms with Crippen molar-refractivity contribution in [1.29, 1.82) is 0 Å². The van der Waals surface area contributed by atoms with E-state index in [-0.39, 0.29) is 17.7 Å². The minimum absolute atomic E-state index is 0.0907. The second-order valence-electron chi connectivity index (χ2n) is 6.56. The maximum atomic E-state index is 12.1. The Hall–Kier alpha value is -2.14. The Labute approximate surface area is 144 Å². The SMILES string of the molecule is CN(C)C/C=C/C(=O)NCC1CC(=O)N(CCc2ccccc2)C1. The number of carbonyl (C=O) groups excluding carboxylic acids is 2. The molecule has 1 unspecified atom stereocenters. The molecule has 1 atom stereocenters. The number of amides is 2.